The first-order chi connectivity index (χ1) is 17.8. The van der Waals surface area contributed by atoms with Gasteiger partial charge in [0.1, 0.15) is 5.56 Å². The monoisotopic (exact) mass is 523 g/mol. The third-order valence-corrected chi connectivity index (χ3v) is 7.12. The van der Waals surface area contributed by atoms with Crippen molar-refractivity contribution in [3.8, 4) is 5.75 Å². The number of hydrogen-bond donors (Lipinski definition) is 1. The predicted octanol–water partition coefficient (Wildman–Crippen LogP) is 8.44. The largest absolute Gasteiger partial charge is 0.503 e. The molecule has 2 aliphatic rings. The average Bonchev–Trinajstić information content (AvgIpc) is 2.91. The van der Waals surface area contributed by atoms with Crippen LogP contribution < -0.4 is 0 Å². The average molecular weight is 524 g/mol. The second kappa shape index (κ2) is 15.6. The van der Waals surface area contributed by atoms with Crippen molar-refractivity contribution >= 4 is 5.91 Å². The van der Waals surface area contributed by atoms with Gasteiger partial charge in [0.15, 0.2) is 17.4 Å². The third-order valence-electron chi connectivity index (χ3n) is 7.12. The molecule has 0 atom stereocenters. The number of carbonyl (C=O) groups excluding carboxylic acids is 1. The highest BCUT2D eigenvalue weighted by Gasteiger charge is 2.33. The molecule has 4 rings (SSSR count). The number of likely N-dealkylation sites (tertiary alicyclic amines) is 1. The van der Waals surface area contributed by atoms with E-state index in [1.807, 2.05) is 44.2 Å². The van der Waals surface area contributed by atoms with E-state index in [9.17, 15) is 22.4 Å². The number of piperidine rings is 1. The number of aromatic hydroxyl groups is 1. The third kappa shape index (κ3) is 8.75. The van der Waals surface area contributed by atoms with Gasteiger partial charge in [-0.15, -0.1) is 0 Å². The molecule has 0 unspecified atom stereocenters. The van der Waals surface area contributed by atoms with Gasteiger partial charge < -0.3 is 10.0 Å². The molecule has 3 nitrogen and oxygen atoms in total. The van der Waals surface area contributed by atoms with Gasteiger partial charge in [0.2, 0.25) is 11.6 Å². The SMILES string of the molecule is CC.CC1CCCCCCC1.O=C(c1c(F)c(F)c(O)c(F)c1F)N1CCC(Cc2ccccc2)CC1. The maximum absolute atomic E-state index is 13.9. The first-order valence-corrected chi connectivity index (χ1v) is 13.7. The molecule has 0 spiro atoms. The highest BCUT2D eigenvalue weighted by Crippen LogP contribution is 2.31. The van der Waals surface area contributed by atoms with Gasteiger partial charge in [-0.05, 0) is 36.7 Å². The predicted molar refractivity (Wildman–Crippen MR) is 140 cm³/mol. The van der Waals surface area contributed by atoms with Crippen molar-refractivity contribution < 1.29 is 27.5 Å². The fourth-order valence-corrected chi connectivity index (χ4v) is 4.91. The van der Waals surface area contributed by atoms with E-state index in [2.05, 4.69) is 6.92 Å². The molecule has 0 bridgehead atoms. The Balaban J connectivity index is 0.000000367. The molecule has 2 fully saturated rings. The lowest BCUT2D eigenvalue weighted by molar-refractivity contribution is 0.0677. The number of amides is 1. The van der Waals surface area contributed by atoms with Crippen molar-refractivity contribution in [1.82, 2.24) is 4.90 Å². The van der Waals surface area contributed by atoms with Gasteiger partial charge in [0.05, 0.1) is 0 Å². The van der Waals surface area contributed by atoms with E-state index in [0.717, 1.165) is 17.9 Å². The van der Waals surface area contributed by atoms with Crippen LogP contribution in [0.4, 0.5) is 17.6 Å². The van der Waals surface area contributed by atoms with Gasteiger partial charge in [-0.2, -0.15) is 8.78 Å². The zero-order valence-corrected chi connectivity index (χ0v) is 22.3. The topological polar surface area (TPSA) is 40.5 Å². The lowest BCUT2D eigenvalue weighted by Gasteiger charge is -2.32. The Morgan fingerprint density at radius 2 is 1.30 bits per heavy atom. The molecule has 206 valence electrons. The Labute approximate surface area is 218 Å². The highest BCUT2D eigenvalue weighted by atomic mass is 19.2. The molecule has 1 saturated heterocycles. The van der Waals surface area contributed by atoms with E-state index in [-0.39, 0.29) is 13.1 Å². The molecule has 1 aliphatic carbocycles. The summed E-state index contributed by atoms with van der Waals surface area (Å²) in [7, 11) is 0. The van der Waals surface area contributed by atoms with Crippen LogP contribution in [-0.4, -0.2) is 29.0 Å². The highest BCUT2D eigenvalue weighted by molar-refractivity contribution is 5.95. The molecule has 2 aromatic rings. The van der Waals surface area contributed by atoms with Crippen LogP contribution >= 0.6 is 0 Å². The number of phenolic OH excluding ortho intramolecular Hbond substituents is 1. The van der Waals surface area contributed by atoms with Gasteiger partial charge in [0, 0.05) is 13.1 Å². The van der Waals surface area contributed by atoms with Crippen LogP contribution in [0.15, 0.2) is 30.3 Å². The lowest BCUT2D eigenvalue weighted by Crippen LogP contribution is -2.40. The van der Waals surface area contributed by atoms with Gasteiger partial charge in [-0.1, -0.05) is 96.0 Å². The number of nitrogens with zero attached hydrogens (tertiary/aromatic N) is 1. The normalized spacial score (nSPS) is 17.0. The summed E-state index contributed by atoms with van der Waals surface area (Å²) in [6.07, 6.45) is 12.5. The summed E-state index contributed by atoms with van der Waals surface area (Å²) in [5, 5.41) is 9.00. The summed E-state index contributed by atoms with van der Waals surface area (Å²) in [6.45, 7) is 6.87. The minimum absolute atomic E-state index is 0.235. The van der Waals surface area contributed by atoms with Crippen LogP contribution in [0.5, 0.6) is 5.75 Å². The molecule has 1 amide bonds. The number of benzene rings is 2. The van der Waals surface area contributed by atoms with Crippen molar-refractivity contribution in [1.29, 1.82) is 0 Å². The van der Waals surface area contributed by atoms with E-state index < -0.39 is 40.5 Å². The van der Waals surface area contributed by atoms with E-state index in [4.69, 9.17) is 5.11 Å². The molecule has 7 heteroatoms. The van der Waals surface area contributed by atoms with Gasteiger partial charge in [-0.25, -0.2) is 8.78 Å². The van der Waals surface area contributed by atoms with Crippen LogP contribution in [-0.2, 0) is 6.42 Å². The smallest absolute Gasteiger partial charge is 0.260 e. The zero-order chi connectivity index (χ0) is 27.4. The first kappa shape index (κ1) is 30.7. The van der Waals surface area contributed by atoms with E-state index >= 15 is 0 Å². The van der Waals surface area contributed by atoms with Crippen LogP contribution in [0, 0.1) is 35.1 Å². The summed E-state index contributed by atoms with van der Waals surface area (Å²) < 4.78 is 54.7. The first-order valence-electron chi connectivity index (χ1n) is 13.7. The van der Waals surface area contributed by atoms with Crippen molar-refractivity contribution in [3.63, 3.8) is 0 Å². The zero-order valence-electron chi connectivity index (χ0n) is 22.3. The number of phenols is 1. The molecule has 1 N–H and O–H groups in total. The van der Waals surface area contributed by atoms with Crippen molar-refractivity contribution in [2.24, 2.45) is 11.8 Å². The van der Waals surface area contributed by atoms with Crippen molar-refractivity contribution in [2.75, 3.05) is 13.1 Å². The Kier molecular flexibility index (Phi) is 12.9. The lowest BCUT2D eigenvalue weighted by atomic mass is 9.90. The molecule has 0 radical (unpaired) electrons. The minimum atomic E-state index is -1.97. The molecular weight excluding hydrogens is 482 g/mol. The van der Waals surface area contributed by atoms with Crippen LogP contribution in [0.3, 0.4) is 0 Å². The van der Waals surface area contributed by atoms with Gasteiger partial charge >= 0.3 is 0 Å². The Morgan fingerprint density at radius 1 is 0.811 bits per heavy atom. The molecule has 1 saturated carbocycles. The summed E-state index contributed by atoms with van der Waals surface area (Å²) >= 11 is 0. The summed E-state index contributed by atoms with van der Waals surface area (Å²) in [6, 6.07) is 9.80. The van der Waals surface area contributed by atoms with Gasteiger partial charge in [-0.3, -0.25) is 4.79 Å². The van der Waals surface area contributed by atoms with Gasteiger partial charge in [0.25, 0.3) is 5.91 Å². The maximum atomic E-state index is 13.9. The molecule has 1 aliphatic heterocycles. The molecule has 37 heavy (non-hydrogen) atoms. The van der Waals surface area contributed by atoms with Crippen LogP contribution in [0.1, 0.15) is 94.5 Å². The maximum Gasteiger partial charge on any atom is 0.260 e. The fourth-order valence-electron chi connectivity index (χ4n) is 4.91. The quantitative estimate of drug-likeness (QED) is 0.324. The number of carbonyl (C=O) groups is 1. The van der Waals surface area contributed by atoms with E-state index in [1.54, 1.807) is 0 Å². The summed E-state index contributed by atoms with van der Waals surface area (Å²) in [5.41, 5.74) is -0.142. The van der Waals surface area contributed by atoms with Crippen LogP contribution in [0.25, 0.3) is 0 Å². The van der Waals surface area contributed by atoms with Crippen molar-refractivity contribution in [2.45, 2.75) is 85.0 Å². The Bertz CT molecular complexity index is 938. The van der Waals surface area contributed by atoms with Crippen molar-refractivity contribution in [3.05, 3.63) is 64.7 Å². The fraction of sp³-hybridized carbons (Fsp3) is 0.567. The number of hydrogen-bond acceptors (Lipinski definition) is 2. The second-order valence-corrected chi connectivity index (χ2v) is 9.86. The Hall–Kier alpha value is -2.57. The standard InChI is InChI=1S/C19H17F4NO2.C9H18.C2H6/c20-14-13(15(21)17(23)18(25)16(14)22)19(26)24-8-6-12(7-9-24)10-11-4-2-1-3-5-11;1-9-7-5-3-2-4-6-8-9;1-2/h1-5,12,25H,6-10H2;9H,2-8H2,1H3;1-2H3. The number of rotatable bonds is 3. The summed E-state index contributed by atoms with van der Waals surface area (Å²) in [5.74, 6) is -9.24. The van der Waals surface area contributed by atoms with E-state index in [1.165, 1.54) is 49.8 Å². The second-order valence-electron chi connectivity index (χ2n) is 9.86. The Morgan fingerprint density at radius 3 is 1.81 bits per heavy atom. The minimum Gasteiger partial charge on any atom is -0.503 e. The van der Waals surface area contributed by atoms with E-state index in [0.29, 0.717) is 18.8 Å². The molecular formula is C30H41F4NO2. The van der Waals surface area contributed by atoms with Crippen LogP contribution in [0.2, 0.25) is 0 Å². The number of halogens is 4. The summed E-state index contributed by atoms with van der Waals surface area (Å²) in [4.78, 5) is 13.5. The molecule has 0 aromatic heterocycles. The molecule has 2 aromatic carbocycles. The molecule has 1 heterocycles.